The first-order valence-electron chi connectivity index (χ1n) is 7.56. The quantitative estimate of drug-likeness (QED) is 0.490. The van der Waals surface area contributed by atoms with Gasteiger partial charge in [0, 0.05) is 7.11 Å². The minimum atomic E-state index is -3.70. The second kappa shape index (κ2) is 9.64. The molecule has 0 unspecified atom stereocenters. The van der Waals surface area contributed by atoms with Crippen LogP contribution in [0.3, 0.4) is 0 Å². The largest absolute Gasteiger partial charge is 0.481 e. The van der Waals surface area contributed by atoms with Gasteiger partial charge in [-0.15, -0.1) is 0 Å². The molecule has 1 aromatic rings. The highest BCUT2D eigenvalue weighted by Gasteiger charge is 2.15. The summed E-state index contributed by atoms with van der Waals surface area (Å²) in [5.41, 5.74) is 0.984. The Bertz CT molecular complexity index is 579. The molecule has 0 aliphatic heterocycles. The van der Waals surface area contributed by atoms with Crippen molar-refractivity contribution in [2.75, 3.05) is 13.7 Å². The van der Waals surface area contributed by atoms with Crippen LogP contribution < -0.4 is 0 Å². The van der Waals surface area contributed by atoms with E-state index in [1.165, 1.54) is 19.2 Å². The second-order valence-corrected chi connectivity index (χ2v) is 7.01. The predicted molar refractivity (Wildman–Crippen MR) is 85.8 cm³/mol. The van der Waals surface area contributed by atoms with Gasteiger partial charge in [0.1, 0.15) is 0 Å². The van der Waals surface area contributed by atoms with Crippen LogP contribution in [0.2, 0.25) is 0 Å². The zero-order valence-electron chi connectivity index (χ0n) is 13.5. The van der Waals surface area contributed by atoms with Crippen LogP contribution in [0.15, 0.2) is 29.2 Å². The van der Waals surface area contributed by atoms with E-state index in [1.54, 1.807) is 12.1 Å². The number of unbranched alkanes of at least 4 members (excludes halogenated alkanes) is 2. The maximum atomic E-state index is 11.9. The fourth-order valence-corrected chi connectivity index (χ4v) is 3.03. The van der Waals surface area contributed by atoms with E-state index in [0.717, 1.165) is 18.4 Å². The minimum absolute atomic E-state index is 0.0190. The van der Waals surface area contributed by atoms with Crippen molar-refractivity contribution in [2.24, 2.45) is 0 Å². The standard InChI is InChI=1S/C16H24O6S/c1-13-7-9-15(10-8-13)23(19,20)22-11-5-3-4-6-14(21-2)12-16(17)18/h7-10,14H,3-6,11-12H2,1-2H3,(H,17,18)/t14-/m0/s1. The molecule has 130 valence electrons. The third-order valence-electron chi connectivity index (χ3n) is 3.45. The summed E-state index contributed by atoms with van der Waals surface area (Å²) < 4.78 is 34.0. The zero-order chi connectivity index (χ0) is 17.3. The van der Waals surface area contributed by atoms with Crippen LogP contribution in [0.25, 0.3) is 0 Å². The Morgan fingerprint density at radius 2 is 1.83 bits per heavy atom. The highest BCUT2D eigenvalue weighted by molar-refractivity contribution is 7.86. The highest BCUT2D eigenvalue weighted by atomic mass is 32.2. The van der Waals surface area contributed by atoms with Crippen LogP contribution in [0.1, 0.15) is 37.7 Å². The molecule has 0 bridgehead atoms. The first-order valence-corrected chi connectivity index (χ1v) is 8.96. The van der Waals surface area contributed by atoms with Gasteiger partial charge in [-0.05, 0) is 31.9 Å². The Kier molecular flexibility index (Phi) is 8.22. The number of hydrogen-bond donors (Lipinski definition) is 1. The van der Waals surface area contributed by atoms with Crippen LogP contribution >= 0.6 is 0 Å². The summed E-state index contributed by atoms with van der Waals surface area (Å²) >= 11 is 0. The van der Waals surface area contributed by atoms with Crippen molar-refractivity contribution in [3.05, 3.63) is 29.8 Å². The van der Waals surface area contributed by atoms with Crippen molar-refractivity contribution in [1.82, 2.24) is 0 Å². The van der Waals surface area contributed by atoms with E-state index in [-0.39, 0.29) is 24.0 Å². The van der Waals surface area contributed by atoms with Gasteiger partial charge in [0.15, 0.2) is 0 Å². The topological polar surface area (TPSA) is 89.9 Å². The van der Waals surface area contributed by atoms with Crippen molar-refractivity contribution >= 4 is 16.1 Å². The van der Waals surface area contributed by atoms with Gasteiger partial charge >= 0.3 is 5.97 Å². The summed E-state index contributed by atoms with van der Waals surface area (Å²) in [5, 5.41) is 8.70. The molecule has 1 N–H and O–H groups in total. The first-order chi connectivity index (χ1) is 10.8. The van der Waals surface area contributed by atoms with E-state index in [2.05, 4.69) is 0 Å². The lowest BCUT2D eigenvalue weighted by atomic mass is 10.1. The van der Waals surface area contributed by atoms with Crippen LogP contribution in [-0.2, 0) is 23.8 Å². The number of aryl methyl sites for hydroxylation is 1. The minimum Gasteiger partial charge on any atom is -0.481 e. The molecule has 0 aliphatic carbocycles. The monoisotopic (exact) mass is 344 g/mol. The molecule has 0 fully saturated rings. The molecule has 1 atom stereocenters. The smallest absolute Gasteiger partial charge is 0.305 e. The molecule has 0 aliphatic rings. The Balaban J connectivity index is 2.26. The summed E-state index contributed by atoms with van der Waals surface area (Å²) in [6.07, 6.45) is 2.42. The molecular weight excluding hydrogens is 320 g/mol. The molecule has 7 heteroatoms. The molecular formula is C16H24O6S. The third kappa shape index (κ3) is 7.58. The highest BCUT2D eigenvalue weighted by Crippen LogP contribution is 2.15. The lowest BCUT2D eigenvalue weighted by molar-refractivity contribution is -0.139. The summed E-state index contributed by atoms with van der Waals surface area (Å²) in [7, 11) is -2.21. The first kappa shape index (κ1) is 19.6. The van der Waals surface area contributed by atoms with Crippen LogP contribution in [-0.4, -0.2) is 39.3 Å². The van der Waals surface area contributed by atoms with Gasteiger partial charge < -0.3 is 9.84 Å². The Labute approximate surface area is 137 Å². The van der Waals surface area contributed by atoms with Gasteiger partial charge in [-0.3, -0.25) is 8.98 Å². The normalized spacial score (nSPS) is 13.0. The molecule has 0 saturated heterocycles. The van der Waals surface area contributed by atoms with E-state index in [4.69, 9.17) is 14.0 Å². The molecule has 0 radical (unpaired) electrons. The average Bonchev–Trinajstić information content (AvgIpc) is 2.49. The van der Waals surface area contributed by atoms with E-state index in [9.17, 15) is 13.2 Å². The Morgan fingerprint density at radius 3 is 2.39 bits per heavy atom. The summed E-state index contributed by atoms with van der Waals surface area (Å²) in [5.74, 6) is -0.885. The van der Waals surface area contributed by atoms with Crippen molar-refractivity contribution < 1.29 is 27.2 Å². The number of carbonyl (C=O) groups is 1. The molecule has 0 amide bonds. The van der Waals surface area contributed by atoms with Gasteiger partial charge in [0.05, 0.1) is 24.0 Å². The molecule has 1 aromatic carbocycles. The van der Waals surface area contributed by atoms with Crippen LogP contribution in [0.4, 0.5) is 0 Å². The van der Waals surface area contributed by atoms with Gasteiger partial charge in [-0.2, -0.15) is 8.42 Å². The van der Waals surface area contributed by atoms with Crippen molar-refractivity contribution in [3.8, 4) is 0 Å². The Morgan fingerprint density at radius 1 is 1.17 bits per heavy atom. The summed E-state index contributed by atoms with van der Waals surface area (Å²) in [4.78, 5) is 10.8. The third-order valence-corrected chi connectivity index (χ3v) is 4.78. The maximum Gasteiger partial charge on any atom is 0.305 e. The average molecular weight is 344 g/mol. The van der Waals surface area contributed by atoms with E-state index < -0.39 is 16.1 Å². The van der Waals surface area contributed by atoms with Gasteiger partial charge in [-0.25, -0.2) is 0 Å². The van der Waals surface area contributed by atoms with E-state index in [0.29, 0.717) is 12.8 Å². The molecule has 0 heterocycles. The number of hydrogen-bond acceptors (Lipinski definition) is 5. The number of ether oxygens (including phenoxy) is 1. The molecule has 0 saturated carbocycles. The van der Waals surface area contributed by atoms with Gasteiger partial charge in [-0.1, -0.05) is 30.5 Å². The maximum absolute atomic E-state index is 11.9. The number of aliphatic carboxylic acids is 1. The fraction of sp³-hybridized carbons (Fsp3) is 0.562. The number of benzene rings is 1. The molecule has 6 nitrogen and oxygen atoms in total. The Hall–Kier alpha value is -1.44. The molecule has 1 rings (SSSR count). The van der Waals surface area contributed by atoms with Crippen LogP contribution in [0, 0.1) is 6.92 Å². The lowest BCUT2D eigenvalue weighted by Crippen LogP contribution is -2.15. The van der Waals surface area contributed by atoms with Crippen molar-refractivity contribution in [2.45, 2.75) is 50.0 Å². The van der Waals surface area contributed by atoms with E-state index in [1.807, 2.05) is 6.92 Å². The predicted octanol–water partition coefficient (Wildman–Crippen LogP) is 2.75. The van der Waals surface area contributed by atoms with E-state index >= 15 is 0 Å². The number of methoxy groups -OCH3 is 1. The molecule has 0 spiro atoms. The SMILES string of the molecule is CO[C@@H](CCCCCOS(=O)(=O)c1ccc(C)cc1)CC(=O)O. The zero-order valence-corrected chi connectivity index (χ0v) is 14.3. The van der Waals surface area contributed by atoms with Crippen LogP contribution in [0.5, 0.6) is 0 Å². The van der Waals surface area contributed by atoms with Crippen molar-refractivity contribution in [3.63, 3.8) is 0 Å². The summed E-state index contributed by atoms with van der Waals surface area (Å²) in [6.45, 7) is 2.00. The number of carboxylic acids is 1. The number of rotatable bonds is 11. The second-order valence-electron chi connectivity index (χ2n) is 5.39. The van der Waals surface area contributed by atoms with Gasteiger partial charge in [0.25, 0.3) is 10.1 Å². The molecule has 23 heavy (non-hydrogen) atoms. The van der Waals surface area contributed by atoms with Gasteiger partial charge in [0.2, 0.25) is 0 Å². The number of carboxylic acid groups (broad SMARTS) is 1. The van der Waals surface area contributed by atoms with Crippen molar-refractivity contribution in [1.29, 1.82) is 0 Å². The summed E-state index contributed by atoms with van der Waals surface area (Å²) in [6, 6.07) is 6.51. The lowest BCUT2D eigenvalue weighted by Gasteiger charge is -2.12. The fourth-order valence-electron chi connectivity index (χ4n) is 2.09. The molecule has 0 aromatic heterocycles.